The molecule has 0 aromatic heterocycles. The van der Waals surface area contributed by atoms with Gasteiger partial charge in [-0.3, -0.25) is 4.79 Å². The van der Waals surface area contributed by atoms with Gasteiger partial charge in [-0.15, -0.1) is 0 Å². The van der Waals surface area contributed by atoms with Gasteiger partial charge < -0.3 is 19.5 Å². The van der Waals surface area contributed by atoms with E-state index in [0.29, 0.717) is 48.5 Å². The lowest BCUT2D eigenvalue weighted by Crippen LogP contribution is -2.25. The molecule has 1 aromatic carbocycles. The largest absolute Gasteiger partial charge is 0.490 e. The van der Waals surface area contributed by atoms with Crippen molar-refractivity contribution < 1.29 is 19.0 Å². The second kappa shape index (κ2) is 9.47. The van der Waals surface area contributed by atoms with Gasteiger partial charge in [-0.1, -0.05) is 11.6 Å². The molecule has 1 amide bonds. The van der Waals surface area contributed by atoms with Crippen LogP contribution in [0.5, 0.6) is 11.5 Å². The molecular weight excluding hydrogens is 294 g/mol. The molecule has 0 heterocycles. The Bertz CT molecular complexity index is 465. The number of rotatable bonds is 9. The van der Waals surface area contributed by atoms with Crippen molar-refractivity contribution in [1.82, 2.24) is 5.32 Å². The van der Waals surface area contributed by atoms with Crippen molar-refractivity contribution >= 4 is 17.5 Å². The summed E-state index contributed by atoms with van der Waals surface area (Å²) in [6.45, 7) is 5.82. The number of methoxy groups -OCH3 is 1. The third-order valence-corrected chi connectivity index (χ3v) is 2.95. The number of carbonyl (C=O) groups excluding carboxylic acids is 1. The van der Waals surface area contributed by atoms with Crippen molar-refractivity contribution in [2.24, 2.45) is 0 Å². The minimum Gasteiger partial charge on any atom is -0.490 e. The molecule has 1 rings (SSSR count). The van der Waals surface area contributed by atoms with Gasteiger partial charge in [-0.2, -0.15) is 0 Å². The van der Waals surface area contributed by atoms with E-state index >= 15 is 0 Å². The summed E-state index contributed by atoms with van der Waals surface area (Å²) in [5.74, 6) is 0.753. The third kappa shape index (κ3) is 5.44. The van der Waals surface area contributed by atoms with Gasteiger partial charge >= 0.3 is 0 Å². The van der Waals surface area contributed by atoms with Crippen LogP contribution in [-0.2, 0) is 4.74 Å². The molecule has 118 valence electrons. The van der Waals surface area contributed by atoms with Gasteiger partial charge in [0.15, 0.2) is 11.5 Å². The van der Waals surface area contributed by atoms with E-state index in [2.05, 4.69) is 5.32 Å². The summed E-state index contributed by atoms with van der Waals surface area (Å²) in [4.78, 5) is 12.1. The molecule has 6 heteroatoms. The monoisotopic (exact) mass is 315 g/mol. The molecule has 0 bridgehead atoms. The molecule has 21 heavy (non-hydrogen) atoms. The first-order valence-electron chi connectivity index (χ1n) is 7.00. The van der Waals surface area contributed by atoms with Gasteiger partial charge in [0.05, 0.1) is 18.2 Å². The zero-order valence-electron chi connectivity index (χ0n) is 12.7. The Balaban J connectivity index is 2.85. The van der Waals surface area contributed by atoms with Crippen LogP contribution in [0.25, 0.3) is 0 Å². The normalized spacial score (nSPS) is 10.3. The summed E-state index contributed by atoms with van der Waals surface area (Å²) in [5, 5.41) is 3.17. The lowest BCUT2D eigenvalue weighted by molar-refractivity contribution is 0.0948. The highest BCUT2D eigenvalue weighted by Crippen LogP contribution is 2.36. The van der Waals surface area contributed by atoms with Gasteiger partial charge in [0, 0.05) is 25.8 Å². The van der Waals surface area contributed by atoms with Crippen LogP contribution in [0.4, 0.5) is 0 Å². The Morgan fingerprint density at radius 2 is 1.95 bits per heavy atom. The van der Waals surface area contributed by atoms with E-state index in [1.54, 1.807) is 19.2 Å². The predicted octanol–water partition coefficient (Wildman–Crippen LogP) is 2.90. The lowest BCUT2D eigenvalue weighted by Gasteiger charge is -2.14. The van der Waals surface area contributed by atoms with Crippen molar-refractivity contribution in [1.29, 1.82) is 0 Å². The number of hydrogen-bond donors (Lipinski definition) is 1. The quantitative estimate of drug-likeness (QED) is 0.712. The fraction of sp³-hybridized carbons (Fsp3) is 0.533. The number of amides is 1. The van der Waals surface area contributed by atoms with Crippen molar-refractivity contribution in [2.75, 3.05) is 33.5 Å². The SMILES string of the molecule is CCOc1cc(C(=O)NCCCOC)cc(Cl)c1OCC. The van der Waals surface area contributed by atoms with Crippen molar-refractivity contribution in [3.8, 4) is 11.5 Å². The molecule has 0 radical (unpaired) electrons. The standard InChI is InChI=1S/C15H22ClNO4/c1-4-20-13-10-11(9-12(16)14(13)21-5-2)15(18)17-7-6-8-19-3/h9-10H,4-8H2,1-3H3,(H,17,18). The van der Waals surface area contributed by atoms with E-state index in [1.807, 2.05) is 13.8 Å². The number of ether oxygens (including phenoxy) is 3. The molecule has 0 saturated carbocycles. The molecular formula is C15H22ClNO4. The number of hydrogen-bond acceptors (Lipinski definition) is 4. The second-order valence-electron chi connectivity index (χ2n) is 4.25. The van der Waals surface area contributed by atoms with E-state index < -0.39 is 0 Å². The molecule has 0 saturated heterocycles. The fourth-order valence-electron chi connectivity index (χ4n) is 1.77. The van der Waals surface area contributed by atoms with Crippen LogP contribution in [-0.4, -0.2) is 39.4 Å². The molecule has 5 nitrogen and oxygen atoms in total. The maximum Gasteiger partial charge on any atom is 0.251 e. The maximum absolute atomic E-state index is 12.1. The highest BCUT2D eigenvalue weighted by Gasteiger charge is 2.15. The van der Waals surface area contributed by atoms with Gasteiger partial charge in [0.1, 0.15) is 0 Å². The Labute approximate surface area is 130 Å². The van der Waals surface area contributed by atoms with Gasteiger partial charge in [0.25, 0.3) is 5.91 Å². The van der Waals surface area contributed by atoms with Crippen LogP contribution in [0.1, 0.15) is 30.6 Å². The van der Waals surface area contributed by atoms with E-state index in [4.69, 9.17) is 25.8 Å². The van der Waals surface area contributed by atoms with E-state index in [1.165, 1.54) is 0 Å². The summed E-state index contributed by atoms with van der Waals surface area (Å²) in [6, 6.07) is 3.23. The van der Waals surface area contributed by atoms with E-state index in [0.717, 1.165) is 6.42 Å². The smallest absolute Gasteiger partial charge is 0.251 e. The topological polar surface area (TPSA) is 56.8 Å². The van der Waals surface area contributed by atoms with Crippen LogP contribution in [0.3, 0.4) is 0 Å². The minimum atomic E-state index is -0.197. The first-order chi connectivity index (χ1) is 10.1. The minimum absolute atomic E-state index is 0.197. The molecule has 0 aliphatic carbocycles. The maximum atomic E-state index is 12.1. The number of carbonyl (C=O) groups is 1. The molecule has 0 aliphatic rings. The summed E-state index contributed by atoms with van der Waals surface area (Å²) in [6.07, 6.45) is 0.755. The van der Waals surface area contributed by atoms with E-state index in [-0.39, 0.29) is 5.91 Å². The Morgan fingerprint density at radius 1 is 1.24 bits per heavy atom. The third-order valence-electron chi connectivity index (χ3n) is 2.67. The average molecular weight is 316 g/mol. The molecule has 1 aromatic rings. The van der Waals surface area contributed by atoms with Crippen LogP contribution < -0.4 is 14.8 Å². The second-order valence-corrected chi connectivity index (χ2v) is 4.66. The van der Waals surface area contributed by atoms with Crippen LogP contribution in [0.15, 0.2) is 12.1 Å². The molecule has 0 atom stereocenters. The first-order valence-corrected chi connectivity index (χ1v) is 7.38. The molecule has 0 spiro atoms. The number of halogens is 1. The zero-order valence-corrected chi connectivity index (χ0v) is 13.5. The van der Waals surface area contributed by atoms with Crippen molar-refractivity contribution in [3.63, 3.8) is 0 Å². The fourth-order valence-corrected chi connectivity index (χ4v) is 2.03. The van der Waals surface area contributed by atoms with Crippen LogP contribution in [0, 0.1) is 0 Å². The van der Waals surface area contributed by atoms with Crippen molar-refractivity contribution in [2.45, 2.75) is 20.3 Å². The summed E-state index contributed by atoms with van der Waals surface area (Å²) in [5.41, 5.74) is 0.448. The molecule has 0 fully saturated rings. The predicted molar refractivity (Wildman–Crippen MR) is 82.6 cm³/mol. The van der Waals surface area contributed by atoms with Gasteiger partial charge in [-0.25, -0.2) is 0 Å². The molecule has 1 N–H and O–H groups in total. The van der Waals surface area contributed by atoms with Crippen LogP contribution >= 0.6 is 11.6 Å². The first kappa shape index (κ1) is 17.6. The highest BCUT2D eigenvalue weighted by atomic mass is 35.5. The summed E-state index contributed by atoms with van der Waals surface area (Å²) >= 11 is 6.17. The summed E-state index contributed by atoms with van der Waals surface area (Å²) in [7, 11) is 1.63. The number of nitrogens with one attached hydrogen (secondary N) is 1. The van der Waals surface area contributed by atoms with Crippen molar-refractivity contribution in [3.05, 3.63) is 22.7 Å². The Hall–Kier alpha value is -1.46. The molecule has 0 unspecified atom stereocenters. The molecule has 0 aliphatic heterocycles. The zero-order chi connectivity index (χ0) is 15.7. The lowest BCUT2D eigenvalue weighted by atomic mass is 10.2. The van der Waals surface area contributed by atoms with Gasteiger partial charge in [-0.05, 0) is 32.4 Å². The van der Waals surface area contributed by atoms with Crippen LogP contribution in [0.2, 0.25) is 5.02 Å². The van der Waals surface area contributed by atoms with E-state index in [9.17, 15) is 4.79 Å². The highest BCUT2D eigenvalue weighted by molar-refractivity contribution is 6.32. The summed E-state index contributed by atoms with van der Waals surface area (Å²) < 4.78 is 15.9. The Kier molecular flexibility index (Phi) is 7.93. The number of benzene rings is 1. The Morgan fingerprint density at radius 3 is 2.57 bits per heavy atom. The van der Waals surface area contributed by atoms with Gasteiger partial charge in [0.2, 0.25) is 0 Å². The average Bonchev–Trinajstić information content (AvgIpc) is 2.47.